The standard InChI is InChI=1S/C25H28N4O3S2/c1-3-16-29(17-4-2)34(31,32)22-13-11-20(12-14-22)8-5-6-10-24(30)28-25-27-23(19-33-25)21-9-7-15-26-18-21/h5-15,18-19H,3-4,16-17H2,1-2H3,(H,27,28,30)/b8-5+,10-6+. The third-order valence-electron chi connectivity index (χ3n) is 4.80. The van der Waals surface area contributed by atoms with Gasteiger partial charge in [-0.05, 0) is 42.7 Å². The van der Waals surface area contributed by atoms with E-state index in [0.717, 1.165) is 29.7 Å². The molecule has 0 unspecified atom stereocenters. The molecule has 3 aromatic rings. The molecule has 0 saturated heterocycles. The first-order chi connectivity index (χ1) is 16.4. The molecule has 0 aliphatic heterocycles. The Hall–Kier alpha value is -3.14. The summed E-state index contributed by atoms with van der Waals surface area (Å²) in [5.74, 6) is -0.287. The molecule has 0 aliphatic carbocycles. The fraction of sp³-hybridized carbons (Fsp3) is 0.240. The van der Waals surface area contributed by atoms with Gasteiger partial charge in [-0.2, -0.15) is 4.31 Å². The van der Waals surface area contributed by atoms with Gasteiger partial charge in [0.15, 0.2) is 5.13 Å². The molecular formula is C25H28N4O3S2. The molecule has 3 rings (SSSR count). The molecule has 0 bridgehead atoms. The van der Waals surface area contributed by atoms with Crippen molar-refractivity contribution in [3.63, 3.8) is 0 Å². The average molecular weight is 497 g/mol. The van der Waals surface area contributed by atoms with Crippen LogP contribution in [0.25, 0.3) is 17.3 Å². The predicted octanol–water partition coefficient (Wildman–Crippen LogP) is 5.22. The van der Waals surface area contributed by atoms with Crippen molar-refractivity contribution >= 4 is 38.5 Å². The van der Waals surface area contributed by atoms with E-state index in [-0.39, 0.29) is 10.8 Å². The van der Waals surface area contributed by atoms with Gasteiger partial charge in [0, 0.05) is 42.5 Å². The molecule has 1 N–H and O–H groups in total. The van der Waals surface area contributed by atoms with Crippen molar-refractivity contribution in [3.8, 4) is 11.3 Å². The van der Waals surface area contributed by atoms with Crippen molar-refractivity contribution < 1.29 is 13.2 Å². The maximum Gasteiger partial charge on any atom is 0.250 e. The number of amides is 1. The second kappa shape index (κ2) is 12.4. The molecular weight excluding hydrogens is 468 g/mol. The Bertz CT molecular complexity index is 1230. The summed E-state index contributed by atoms with van der Waals surface area (Å²) in [6.07, 6.45) is 11.5. The second-order valence-electron chi connectivity index (χ2n) is 7.46. The summed E-state index contributed by atoms with van der Waals surface area (Å²) < 4.78 is 27.2. The van der Waals surface area contributed by atoms with E-state index in [0.29, 0.717) is 18.2 Å². The van der Waals surface area contributed by atoms with Crippen LogP contribution in [-0.2, 0) is 14.8 Å². The minimum absolute atomic E-state index is 0.287. The van der Waals surface area contributed by atoms with E-state index in [1.807, 2.05) is 31.4 Å². The number of pyridine rings is 1. The number of anilines is 1. The van der Waals surface area contributed by atoms with Gasteiger partial charge in [0.1, 0.15) is 0 Å². The molecule has 2 heterocycles. The van der Waals surface area contributed by atoms with Crippen LogP contribution in [0.2, 0.25) is 0 Å². The van der Waals surface area contributed by atoms with Crippen molar-refractivity contribution in [1.82, 2.24) is 14.3 Å². The molecule has 34 heavy (non-hydrogen) atoms. The molecule has 0 spiro atoms. The summed E-state index contributed by atoms with van der Waals surface area (Å²) in [6, 6.07) is 10.5. The molecule has 0 saturated carbocycles. The van der Waals surface area contributed by atoms with E-state index in [9.17, 15) is 13.2 Å². The summed E-state index contributed by atoms with van der Waals surface area (Å²) >= 11 is 1.34. The monoisotopic (exact) mass is 496 g/mol. The second-order valence-corrected chi connectivity index (χ2v) is 10.3. The topological polar surface area (TPSA) is 92.3 Å². The summed E-state index contributed by atoms with van der Waals surface area (Å²) in [6.45, 7) is 4.96. The number of carbonyl (C=O) groups is 1. The van der Waals surface area contributed by atoms with Crippen LogP contribution < -0.4 is 5.32 Å². The molecule has 9 heteroatoms. The summed E-state index contributed by atoms with van der Waals surface area (Å²) in [5, 5.41) is 5.12. The Morgan fingerprint density at radius 2 is 1.82 bits per heavy atom. The van der Waals surface area contributed by atoms with Gasteiger partial charge in [0.2, 0.25) is 15.9 Å². The van der Waals surface area contributed by atoms with Crippen molar-refractivity contribution in [2.45, 2.75) is 31.6 Å². The maximum atomic E-state index is 12.8. The third kappa shape index (κ3) is 6.93. The number of aromatic nitrogens is 2. The number of nitrogens with zero attached hydrogens (tertiary/aromatic N) is 3. The van der Waals surface area contributed by atoms with Crippen LogP contribution in [0.5, 0.6) is 0 Å². The smallest absolute Gasteiger partial charge is 0.250 e. The Balaban J connectivity index is 1.56. The van der Waals surface area contributed by atoms with Gasteiger partial charge in [-0.3, -0.25) is 15.1 Å². The van der Waals surface area contributed by atoms with Crippen molar-refractivity contribution in [1.29, 1.82) is 0 Å². The summed E-state index contributed by atoms with van der Waals surface area (Å²) in [5.41, 5.74) is 2.48. The van der Waals surface area contributed by atoms with E-state index in [4.69, 9.17) is 0 Å². The van der Waals surface area contributed by atoms with E-state index in [2.05, 4.69) is 15.3 Å². The lowest BCUT2D eigenvalue weighted by Gasteiger charge is -2.21. The fourth-order valence-electron chi connectivity index (χ4n) is 3.19. The number of hydrogen-bond acceptors (Lipinski definition) is 6. The maximum absolute atomic E-state index is 12.8. The first-order valence-corrected chi connectivity index (χ1v) is 13.4. The SMILES string of the molecule is CCCN(CCC)S(=O)(=O)c1ccc(/C=C/C=C/C(=O)Nc2nc(-c3cccnc3)cs2)cc1. The quantitative estimate of drug-likeness (QED) is 0.290. The van der Waals surface area contributed by atoms with Gasteiger partial charge < -0.3 is 0 Å². The lowest BCUT2D eigenvalue weighted by atomic mass is 10.2. The fourth-order valence-corrected chi connectivity index (χ4v) is 5.53. The Morgan fingerprint density at radius 1 is 1.09 bits per heavy atom. The van der Waals surface area contributed by atoms with Crippen LogP contribution in [0, 0.1) is 0 Å². The van der Waals surface area contributed by atoms with Gasteiger partial charge in [0.05, 0.1) is 10.6 Å². The first-order valence-electron chi connectivity index (χ1n) is 11.1. The van der Waals surface area contributed by atoms with Crippen LogP contribution in [-0.4, -0.2) is 41.7 Å². The molecule has 0 fully saturated rings. The summed E-state index contributed by atoms with van der Waals surface area (Å²) in [4.78, 5) is 20.9. The van der Waals surface area contributed by atoms with E-state index < -0.39 is 10.0 Å². The molecule has 2 aromatic heterocycles. The number of nitrogens with one attached hydrogen (secondary N) is 1. The van der Waals surface area contributed by atoms with E-state index in [1.165, 1.54) is 21.7 Å². The van der Waals surface area contributed by atoms with Crippen LogP contribution in [0.15, 0.2) is 77.3 Å². The summed E-state index contributed by atoms with van der Waals surface area (Å²) in [7, 11) is -3.49. The molecule has 0 aliphatic rings. The van der Waals surface area contributed by atoms with Gasteiger partial charge in [-0.15, -0.1) is 11.3 Å². The van der Waals surface area contributed by atoms with Crippen LogP contribution >= 0.6 is 11.3 Å². The molecule has 7 nitrogen and oxygen atoms in total. The zero-order valence-corrected chi connectivity index (χ0v) is 20.8. The number of sulfonamides is 1. The number of rotatable bonds is 11. The minimum Gasteiger partial charge on any atom is -0.298 e. The zero-order valence-electron chi connectivity index (χ0n) is 19.2. The van der Waals surface area contributed by atoms with Gasteiger partial charge >= 0.3 is 0 Å². The van der Waals surface area contributed by atoms with Gasteiger partial charge in [0.25, 0.3) is 0 Å². The lowest BCUT2D eigenvalue weighted by molar-refractivity contribution is -0.111. The van der Waals surface area contributed by atoms with Crippen molar-refractivity contribution in [2.24, 2.45) is 0 Å². The Morgan fingerprint density at radius 3 is 2.47 bits per heavy atom. The van der Waals surface area contributed by atoms with Gasteiger partial charge in [-0.1, -0.05) is 44.2 Å². The highest BCUT2D eigenvalue weighted by Gasteiger charge is 2.22. The number of carbonyl (C=O) groups excluding carboxylic acids is 1. The van der Waals surface area contributed by atoms with Crippen LogP contribution in [0.4, 0.5) is 5.13 Å². The Labute approximate surface area is 204 Å². The van der Waals surface area contributed by atoms with Crippen molar-refractivity contribution in [2.75, 3.05) is 18.4 Å². The highest BCUT2D eigenvalue weighted by molar-refractivity contribution is 7.89. The molecule has 0 radical (unpaired) electrons. The number of thiazole rings is 1. The number of allylic oxidation sites excluding steroid dienone is 2. The lowest BCUT2D eigenvalue weighted by Crippen LogP contribution is -2.32. The van der Waals surface area contributed by atoms with Gasteiger partial charge in [-0.25, -0.2) is 13.4 Å². The zero-order chi connectivity index (χ0) is 24.4. The number of benzene rings is 1. The first kappa shape index (κ1) is 25.5. The molecule has 1 amide bonds. The third-order valence-corrected chi connectivity index (χ3v) is 7.47. The van der Waals surface area contributed by atoms with Crippen LogP contribution in [0.3, 0.4) is 0 Å². The minimum atomic E-state index is -3.49. The van der Waals surface area contributed by atoms with Crippen LogP contribution in [0.1, 0.15) is 32.3 Å². The average Bonchev–Trinajstić information content (AvgIpc) is 3.31. The van der Waals surface area contributed by atoms with E-state index in [1.54, 1.807) is 54.9 Å². The highest BCUT2D eigenvalue weighted by Crippen LogP contribution is 2.24. The van der Waals surface area contributed by atoms with Crippen molar-refractivity contribution in [3.05, 3.63) is 78.0 Å². The highest BCUT2D eigenvalue weighted by atomic mass is 32.2. The predicted molar refractivity (Wildman–Crippen MR) is 138 cm³/mol. The number of hydrogen-bond donors (Lipinski definition) is 1. The largest absolute Gasteiger partial charge is 0.298 e. The molecule has 1 aromatic carbocycles. The van der Waals surface area contributed by atoms with E-state index >= 15 is 0 Å². The normalized spacial score (nSPS) is 12.1. The molecule has 0 atom stereocenters. The molecule has 178 valence electrons. The Kier molecular flexibility index (Phi) is 9.26.